The number of benzene rings is 1. The number of para-hydroxylation sites is 1. The molecule has 1 saturated carbocycles. The molecule has 0 bridgehead atoms. The average molecular weight is 264 g/mol. The lowest BCUT2D eigenvalue weighted by Crippen LogP contribution is -2.34. The van der Waals surface area contributed by atoms with E-state index in [1.165, 1.54) is 12.8 Å². The Morgan fingerprint density at radius 3 is 2.89 bits per heavy atom. The minimum Gasteiger partial charge on any atom is -0.491 e. The SMILES string of the molecule is O=C(CNC1CC1)NCc1ccccc1OCCO. The van der Waals surface area contributed by atoms with Gasteiger partial charge in [0.05, 0.1) is 13.2 Å². The molecule has 3 N–H and O–H groups in total. The molecule has 1 amide bonds. The van der Waals surface area contributed by atoms with Crippen LogP contribution in [0.25, 0.3) is 0 Å². The predicted octanol–water partition coefficient (Wildman–Crippen LogP) is 0.426. The third-order valence-electron chi connectivity index (χ3n) is 2.93. The van der Waals surface area contributed by atoms with Crippen LogP contribution in [0.4, 0.5) is 0 Å². The van der Waals surface area contributed by atoms with E-state index in [2.05, 4.69) is 10.6 Å². The van der Waals surface area contributed by atoms with Crippen molar-refractivity contribution in [2.45, 2.75) is 25.4 Å². The second-order valence-corrected chi connectivity index (χ2v) is 4.61. The van der Waals surface area contributed by atoms with Gasteiger partial charge < -0.3 is 20.5 Å². The van der Waals surface area contributed by atoms with Crippen LogP contribution in [0.1, 0.15) is 18.4 Å². The summed E-state index contributed by atoms with van der Waals surface area (Å²) in [6.07, 6.45) is 2.34. The van der Waals surface area contributed by atoms with E-state index in [1.807, 2.05) is 24.3 Å². The van der Waals surface area contributed by atoms with E-state index in [0.717, 1.165) is 5.56 Å². The van der Waals surface area contributed by atoms with Gasteiger partial charge in [0.25, 0.3) is 0 Å². The number of ether oxygens (including phenoxy) is 1. The topological polar surface area (TPSA) is 70.6 Å². The molecule has 2 rings (SSSR count). The molecule has 19 heavy (non-hydrogen) atoms. The fourth-order valence-electron chi connectivity index (χ4n) is 1.73. The van der Waals surface area contributed by atoms with Gasteiger partial charge in [-0.3, -0.25) is 4.79 Å². The van der Waals surface area contributed by atoms with Crippen LogP contribution >= 0.6 is 0 Å². The van der Waals surface area contributed by atoms with Crippen molar-refractivity contribution < 1.29 is 14.6 Å². The van der Waals surface area contributed by atoms with Crippen molar-refractivity contribution in [3.8, 4) is 5.75 Å². The Kier molecular flexibility index (Phi) is 5.18. The molecule has 0 heterocycles. The van der Waals surface area contributed by atoms with E-state index >= 15 is 0 Å². The van der Waals surface area contributed by atoms with E-state index in [1.54, 1.807) is 0 Å². The number of rotatable bonds is 8. The Hall–Kier alpha value is -1.59. The first kappa shape index (κ1) is 13.8. The first-order valence-corrected chi connectivity index (χ1v) is 6.61. The van der Waals surface area contributed by atoms with E-state index in [4.69, 9.17) is 9.84 Å². The van der Waals surface area contributed by atoms with Crippen LogP contribution in [0.15, 0.2) is 24.3 Å². The number of carbonyl (C=O) groups is 1. The highest BCUT2D eigenvalue weighted by Crippen LogP contribution is 2.18. The van der Waals surface area contributed by atoms with Crippen molar-refractivity contribution >= 4 is 5.91 Å². The number of aliphatic hydroxyl groups is 1. The van der Waals surface area contributed by atoms with Crippen molar-refractivity contribution in [2.24, 2.45) is 0 Å². The Morgan fingerprint density at radius 2 is 2.16 bits per heavy atom. The van der Waals surface area contributed by atoms with Crippen LogP contribution in [0.2, 0.25) is 0 Å². The normalized spacial score (nSPS) is 14.2. The minimum absolute atomic E-state index is 0.0103. The molecule has 5 nitrogen and oxygen atoms in total. The Bertz CT molecular complexity index is 419. The highest BCUT2D eigenvalue weighted by atomic mass is 16.5. The molecule has 1 fully saturated rings. The van der Waals surface area contributed by atoms with Gasteiger partial charge in [0, 0.05) is 18.2 Å². The van der Waals surface area contributed by atoms with E-state index < -0.39 is 0 Å². The van der Waals surface area contributed by atoms with Crippen LogP contribution in [0.5, 0.6) is 5.75 Å². The van der Waals surface area contributed by atoms with Crippen molar-refractivity contribution in [1.82, 2.24) is 10.6 Å². The summed E-state index contributed by atoms with van der Waals surface area (Å²) in [5.74, 6) is 0.691. The molecule has 1 aliphatic carbocycles. The fourth-order valence-corrected chi connectivity index (χ4v) is 1.73. The molecular weight excluding hydrogens is 244 g/mol. The highest BCUT2D eigenvalue weighted by Gasteiger charge is 2.21. The quantitative estimate of drug-likeness (QED) is 0.636. The number of hydrogen-bond donors (Lipinski definition) is 3. The summed E-state index contributed by atoms with van der Waals surface area (Å²) in [5.41, 5.74) is 0.913. The lowest BCUT2D eigenvalue weighted by Gasteiger charge is -2.11. The standard InChI is InChI=1S/C14H20N2O3/c17-7-8-19-13-4-2-1-3-11(13)9-16-14(18)10-15-12-5-6-12/h1-4,12,15,17H,5-10H2,(H,16,18). The summed E-state index contributed by atoms with van der Waals surface area (Å²) in [5, 5.41) is 14.8. The number of carbonyl (C=O) groups excluding carboxylic acids is 1. The first-order valence-electron chi connectivity index (χ1n) is 6.61. The molecule has 0 aromatic heterocycles. The Morgan fingerprint density at radius 1 is 1.37 bits per heavy atom. The second-order valence-electron chi connectivity index (χ2n) is 4.61. The minimum atomic E-state index is -0.0218. The van der Waals surface area contributed by atoms with E-state index in [0.29, 0.717) is 24.9 Å². The van der Waals surface area contributed by atoms with E-state index in [-0.39, 0.29) is 19.1 Å². The van der Waals surface area contributed by atoms with Gasteiger partial charge in [0.1, 0.15) is 12.4 Å². The summed E-state index contributed by atoms with van der Waals surface area (Å²) in [7, 11) is 0. The molecular formula is C14H20N2O3. The predicted molar refractivity (Wildman–Crippen MR) is 71.9 cm³/mol. The van der Waals surface area contributed by atoms with Crippen molar-refractivity contribution in [1.29, 1.82) is 0 Å². The van der Waals surface area contributed by atoms with Gasteiger partial charge in [-0.25, -0.2) is 0 Å². The molecule has 0 aliphatic heterocycles. The largest absolute Gasteiger partial charge is 0.491 e. The van der Waals surface area contributed by atoms with Crippen molar-refractivity contribution in [3.05, 3.63) is 29.8 Å². The summed E-state index contributed by atoms with van der Waals surface area (Å²) < 4.78 is 5.41. The highest BCUT2D eigenvalue weighted by molar-refractivity contribution is 5.78. The second kappa shape index (κ2) is 7.11. The molecule has 0 atom stereocenters. The molecule has 0 radical (unpaired) electrons. The molecule has 0 saturated heterocycles. The van der Waals surface area contributed by atoms with Gasteiger partial charge in [0.15, 0.2) is 0 Å². The molecule has 1 aromatic rings. The lowest BCUT2D eigenvalue weighted by molar-refractivity contribution is -0.120. The molecule has 5 heteroatoms. The van der Waals surface area contributed by atoms with Gasteiger partial charge in [-0.15, -0.1) is 0 Å². The maximum absolute atomic E-state index is 11.6. The van der Waals surface area contributed by atoms with Crippen molar-refractivity contribution in [2.75, 3.05) is 19.8 Å². The molecule has 1 aliphatic rings. The van der Waals surface area contributed by atoms with E-state index in [9.17, 15) is 4.79 Å². The van der Waals surface area contributed by atoms with Crippen LogP contribution in [-0.4, -0.2) is 36.8 Å². The zero-order chi connectivity index (χ0) is 13.5. The Balaban J connectivity index is 1.78. The molecule has 0 spiro atoms. The maximum atomic E-state index is 11.6. The van der Waals surface area contributed by atoms with Crippen molar-refractivity contribution in [3.63, 3.8) is 0 Å². The lowest BCUT2D eigenvalue weighted by atomic mass is 10.2. The molecule has 0 unspecified atom stereocenters. The van der Waals surface area contributed by atoms with Gasteiger partial charge in [0.2, 0.25) is 5.91 Å². The van der Waals surface area contributed by atoms with Gasteiger partial charge in [-0.1, -0.05) is 18.2 Å². The summed E-state index contributed by atoms with van der Waals surface area (Å²) in [6, 6.07) is 8.04. The van der Waals surface area contributed by atoms with Crippen LogP contribution in [-0.2, 0) is 11.3 Å². The average Bonchev–Trinajstić information content (AvgIpc) is 3.25. The number of hydrogen-bond acceptors (Lipinski definition) is 4. The fraction of sp³-hybridized carbons (Fsp3) is 0.500. The summed E-state index contributed by atoms with van der Waals surface area (Å²) in [6.45, 7) is 1.04. The third kappa shape index (κ3) is 4.89. The monoisotopic (exact) mass is 264 g/mol. The van der Waals surface area contributed by atoms with Gasteiger partial charge in [-0.05, 0) is 18.9 Å². The van der Waals surface area contributed by atoms with Crippen LogP contribution in [0.3, 0.4) is 0 Å². The van der Waals surface area contributed by atoms with Gasteiger partial charge in [-0.2, -0.15) is 0 Å². The Labute approximate surface area is 113 Å². The number of nitrogens with one attached hydrogen (secondary N) is 2. The maximum Gasteiger partial charge on any atom is 0.234 e. The molecule has 1 aromatic carbocycles. The summed E-state index contributed by atoms with van der Waals surface area (Å²) in [4.78, 5) is 11.6. The number of amides is 1. The van der Waals surface area contributed by atoms with Crippen LogP contribution in [0, 0.1) is 0 Å². The van der Waals surface area contributed by atoms with Crippen LogP contribution < -0.4 is 15.4 Å². The van der Waals surface area contributed by atoms with Gasteiger partial charge >= 0.3 is 0 Å². The first-order chi connectivity index (χ1) is 9.29. The third-order valence-corrected chi connectivity index (χ3v) is 2.93. The zero-order valence-corrected chi connectivity index (χ0v) is 10.9. The zero-order valence-electron chi connectivity index (χ0n) is 10.9. The number of aliphatic hydroxyl groups excluding tert-OH is 1. The summed E-state index contributed by atoms with van der Waals surface area (Å²) >= 11 is 0. The smallest absolute Gasteiger partial charge is 0.234 e. The molecule has 104 valence electrons.